The summed E-state index contributed by atoms with van der Waals surface area (Å²) in [6, 6.07) is 14.1. The third-order valence-electron chi connectivity index (χ3n) is 6.23. The summed E-state index contributed by atoms with van der Waals surface area (Å²) in [5.41, 5.74) is 2.68. The molecule has 1 heterocycles. The molecule has 1 N–H and O–H groups in total. The highest BCUT2D eigenvalue weighted by Crippen LogP contribution is 2.43. The Morgan fingerprint density at radius 1 is 1.00 bits per heavy atom. The summed E-state index contributed by atoms with van der Waals surface area (Å²) in [6.45, 7) is 4.25. The highest BCUT2D eigenvalue weighted by Gasteiger charge is 2.49. The van der Waals surface area contributed by atoms with Gasteiger partial charge in [0.05, 0.1) is 11.6 Å². The quantitative estimate of drug-likeness (QED) is 0.382. The molecule has 1 atom stereocenters. The first-order chi connectivity index (χ1) is 14.4. The molecule has 1 aliphatic carbocycles. The predicted molar refractivity (Wildman–Crippen MR) is 118 cm³/mol. The van der Waals surface area contributed by atoms with Crippen LogP contribution in [-0.4, -0.2) is 27.7 Å². The largest absolute Gasteiger partial charge is 0.507 e. The van der Waals surface area contributed by atoms with Gasteiger partial charge in [-0.15, -0.1) is 0 Å². The van der Waals surface area contributed by atoms with E-state index >= 15 is 0 Å². The minimum absolute atomic E-state index is 0.0201. The Morgan fingerprint density at radius 3 is 2.17 bits per heavy atom. The first-order valence-corrected chi connectivity index (χ1v) is 10.9. The molecule has 1 aliphatic heterocycles. The van der Waals surface area contributed by atoms with Crippen LogP contribution in [-0.2, 0) is 9.59 Å². The molecule has 4 nitrogen and oxygen atoms in total. The van der Waals surface area contributed by atoms with Crippen LogP contribution >= 0.6 is 11.6 Å². The lowest BCUT2D eigenvalue weighted by Gasteiger charge is -2.31. The number of amides is 1. The number of carbonyl (C=O) groups is 2. The Bertz CT molecular complexity index is 986. The van der Waals surface area contributed by atoms with Gasteiger partial charge in [-0.25, -0.2) is 0 Å². The summed E-state index contributed by atoms with van der Waals surface area (Å²) in [5, 5.41) is 11.6. The van der Waals surface area contributed by atoms with Crippen LogP contribution in [0.4, 0.5) is 0 Å². The number of nitrogens with zero attached hydrogens (tertiary/aromatic N) is 1. The Hall–Kier alpha value is -2.59. The molecule has 4 rings (SSSR count). The number of hydrogen-bond acceptors (Lipinski definition) is 3. The van der Waals surface area contributed by atoms with Crippen LogP contribution in [0.15, 0.2) is 54.1 Å². The lowest BCUT2D eigenvalue weighted by Crippen LogP contribution is -2.37. The van der Waals surface area contributed by atoms with Crippen LogP contribution in [0.25, 0.3) is 5.76 Å². The SMILES string of the molecule is CC(C)c1ccc(C2/C(=C(/O)c3ccc(Cl)cc3)C(=O)C(=O)N2C2CCCC2)cc1. The van der Waals surface area contributed by atoms with Gasteiger partial charge in [0.25, 0.3) is 11.7 Å². The number of likely N-dealkylation sites (tertiary alicyclic amines) is 1. The minimum Gasteiger partial charge on any atom is -0.507 e. The second-order valence-corrected chi connectivity index (χ2v) is 8.91. The average Bonchev–Trinajstić information content (AvgIpc) is 3.35. The van der Waals surface area contributed by atoms with Crippen molar-refractivity contribution in [3.8, 4) is 0 Å². The van der Waals surface area contributed by atoms with Gasteiger partial charge in [0.2, 0.25) is 0 Å². The van der Waals surface area contributed by atoms with E-state index in [1.54, 1.807) is 29.2 Å². The topological polar surface area (TPSA) is 57.6 Å². The lowest BCUT2D eigenvalue weighted by atomic mass is 9.92. The molecule has 2 fully saturated rings. The van der Waals surface area contributed by atoms with Gasteiger partial charge in [0.1, 0.15) is 5.76 Å². The molecular weight excluding hydrogens is 398 g/mol. The van der Waals surface area contributed by atoms with Crippen molar-refractivity contribution in [2.24, 2.45) is 0 Å². The molecule has 30 heavy (non-hydrogen) atoms. The number of aliphatic hydroxyl groups excluding tert-OH is 1. The van der Waals surface area contributed by atoms with Crippen LogP contribution in [0.1, 0.15) is 68.2 Å². The summed E-state index contributed by atoms with van der Waals surface area (Å²) in [6.07, 6.45) is 3.86. The van der Waals surface area contributed by atoms with Crippen LogP contribution in [0.2, 0.25) is 5.02 Å². The maximum Gasteiger partial charge on any atom is 0.295 e. The first kappa shape index (κ1) is 20.7. The van der Waals surface area contributed by atoms with Crippen LogP contribution in [0.5, 0.6) is 0 Å². The van der Waals surface area contributed by atoms with Crippen LogP contribution in [0.3, 0.4) is 0 Å². The van der Waals surface area contributed by atoms with Crippen LogP contribution in [0, 0.1) is 0 Å². The maximum atomic E-state index is 13.1. The average molecular weight is 424 g/mol. The third kappa shape index (κ3) is 3.65. The van der Waals surface area contributed by atoms with E-state index in [-0.39, 0.29) is 17.4 Å². The maximum absolute atomic E-state index is 13.1. The zero-order valence-corrected chi connectivity index (χ0v) is 18.0. The Balaban J connectivity index is 1.85. The summed E-state index contributed by atoms with van der Waals surface area (Å²) in [4.78, 5) is 27.8. The molecule has 2 aliphatic rings. The second kappa shape index (κ2) is 8.27. The zero-order valence-electron chi connectivity index (χ0n) is 17.3. The molecule has 1 unspecified atom stereocenters. The second-order valence-electron chi connectivity index (χ2n) is 8.47. The van der Waals surface area contributed by atoms with Crippen molar-refractivity contribution >= 4 is 29.1 Å². The van der Waals surface area contributed by atoms with Gasteiger partial charge < -0.3 is 10.0 Å². The van der Waals surface area contributed by atoms with Gasteiger partial charge in [-0.05, 0) is 54.2 Å². The molecule has 156 valence electrons. The smallest absolute Gasteiger partial charge is 0.295 e. The lowest BCUT2D eigenvalue weighted by molar-refractivity contribution is -0.141. The third-order valence-corrected chi connectivity index (χ3v) is 6.49. The standard InChI is InChI=1S/C25H26ClNO3/c1-15(2)16-7-9-17(10-8-16)22-21(23(28)18-11-13-19(26)14-12-18)24(29)25(30)27(22)20-5-3-4-6-20/h7-15,20,22,28H,3-6H2,1-2H3/b23-21-. The fraction of sp³-hybridized carbons (Fsp3) is 0.360. The molecule has 0 bridgehead atoms. The Labute approximate surface area is 182 Å². The summed E-state index contributed by atoms with van der Waals surface area (Å²) in [7, 11) is 0. The zero-order chi connectivity index (χ0) is 21.4. The van der Waals surface area contributed by atoms with E-state index in [4.69, 9.17) is 11.6 Å². The van der Waals surface area contributed by atoms with Crippen molar-refractivity contribution in [2.75, 3.05) is 0 Å². The number of hydrogen-bond donors (Lipinski definition) is 1. The summed E-state index contributed by atoms with van der Waals surface area (Å²) >= 11 is 5.97. The van der Waals surface area contributed by atoms with Crippen molar-refractivity contribution in [3.05, 3.63) is 75.8 Å². The molecule has 2 aromatic rings. The highest BCUT2D eigenvalue weighted by atomic mass is 35.5. The van der Waals surface area contributed by atoms with Gasteiger partial charge in [0.15, 0.2) is 0 Å². The number of rotatable bonds is 4. The fourth-order valence-corrected chi connectivity index (χ4v) is 4.69. The Kier molecular flexibility index (Phi) is 5.70. The van der Waals surface area contributed by atoms with Crippen molar-refractivity contribution in [3.63, 3.8) is 0 Å². The molecule has 5 heteroatoms. The molecule has 2 aromatic carbocycles. The van der Waals surface area contributed by atoms with E-state index in [9.17, 15) is 14.7 Å². The number of ketones is 1. The van der Waals surface area contributed by atoms with E-state index in [0.29, 0.717) is 16.5 Å². The van der Waals surface area contributed by atoms with Crippen molar-refractivity contribution in [1.29, 1.82) is 0 Å². The molecular formula is C25H26ClNO3. The predicted octanol–water partition coefficient (Wildman–Crippen LogP) is 5.83. The number of aliphatic hydroxyl groups is 1. The van der Waals surface area contributed by atoms with Crippen molar-refractivity contribution < 1.29 is 14.7 Å². The number of halogens is 1. The molecule has 0 spiro atoms. The number of carbonyl (C=O) groups excluding carboxylic acids is 2. The number of Topliss-reactive ketones (excluding diaryl/α,β-unsaturated/α-hetero) is 1. The molecule has 1 saturated carbocycles. The van der Waals surface area contributed by atoms with Gasteiger partial charge in [-0.2, -0.15) is 0 Å². The summed E-state index contributed by atoms with van der Waals surface area (Å²) < 4.78 is 0. The fourth-order valence-electron chi connectivity index (χ4n) is 4.56. The highest BCUT2D eigenvalue weighted by molar-refractivity contribution is 6.46. The van der Waals surface area contributed by atoms with E-state index < -0.39 is 17.7 Å². The van der Waals surface area contributed by atoms with E-state index in [0.717, 1.165) is 31.2 Å². The normalized spacial score (nSPS) is 21.7. The van der Waals surface area contributed by atoms with Gasteiger partial charge in [-0.1, -0.05) is 62.6 Å². The minimum atomic E-state index is -0.618. The molecule has 0 radical (unpaired) electrons. The number of benzene rings is 2. The van der Waals surface area contributed by atoms with Crippen molar-refractivity contribution in [2.45, 2.75) is 57.5 Å². The first-order valence-electron chi connectivity index (χ1n) is 10.5. The molecule has 0 aromatic heterocycles. The van der Waals surface area contributed by atoms with Crippen molar-refractivity contribution in [1.82, 2.24) is 4.90 Å². The van der Waals surface area contributed by atoms with Gasteiger partial charge in [-0.3, -0.25) is 9.59 Å². The Morgan fingerprint density at radius 2 is 1.60 bits per heavy atom. The van der Waals surface area contributed by atoms with Gasteiger partial charge >= 0.3 is 0 Å². The van der Waals surface area contributed by atoms with E-state index in [2.05, 4.69) is 13.8 Å². The monoisotopic (exact) mass is 423 g/mol. The van der Waals surface area contributed by atoms with Crippen LogP contribution < -0.4 is 0 Å². The molecule has 1 saturated heterocycles. The summed E-state index contributed by atoms with van der Waals surface area (Å²) in [5.74, 6) is -0.902. The van der Waals surface area contributed by atoms with E-state index in [1.807, 2.05) is 24.3 Å². The van der Waals surface area contributed by atoms with E-state index in [1.165, 1.54) is 5.56 Å². The van der Waals surface area contributed by atoms with Gasteiger partial charge in [0, 0.05) is 16.6 Å². The molecule has 1 amide bonds.